The first-order valence-electron chi connectivity index (χ1n) is 7.59. The van der Waals surface area contributed by atoms with Gasteiger partial charge in [-0.1, -0.05) is 11.8 Å². The number of hydrogen-bond donors (Lipinski definition) is 1. The van der Waals surface area contributed by atoms with E-state index in [2.05, 4.69) is 15.5 Å². The molecule has 2 aromatic rings. The van der Waals surface area contributed by atoms with Crippen LogP contribution in [-0.2, 0) is 4.79 Å². The number of hydrogen-bond acceptors (Lipinski definition) is 6. The number of benzene rings is 1. The molecule has 1 aliphatic carbocycles. The molecule has 0 saturated heterocycles. The Hall–Kier alpha value is -1.80. The quantitative estimate of drug-likeness (QED) is 0.602. The fourth-order valence-electron chi connectivity index (χ4n) is 2.31. The number of carbonyl (C=O) groups is 2. The lowest BCUT2D eigenvalue weighted by atomic mass is 10.1. The molecule has 1 amide bonds. The van der Waals surface area contributed by atoms with Gasteiger partial charge in [0.05, 0.1) is 11.4 Å². The third kappa shape index (κ3) is 3.99. The van der Waals surface area contributed by atoms with Gasteiger partial charge in [-0.25, -0.2) is 0 Å². The van der Waals surface area contributed by atoms with Gasteiger partial charge in [0, 0.05) is 23.4 Å². The first-order valence-corrected chi connectivity index (χ1v) is 9.80. The average molecular weight is 362 g/mol. The van der Waals surface area contributed by atoms with E-state index >= 15 is 0 Å². The molecule has 0 atom stereocenters. The van der Waals surface area contributed by atoms with E-state index in [9.17, 15) is 9.59 Å². The van der Waals surface area contributed by atoms with Crippen molar-refractivity contribution in [1.29, 1.82) is 0 Å². The first-order chi connectivity index (χ1) is 11.6. The summed E-state index contributed by atoms with van der Waals surface area (Å²) in [6.45, 7) is 1.47. The van der Waals surface area contributed by atoms with Gasteiger partial charge < -0.3 is 9.88 Å². The third-order valence-corrected chi connectivity index (χ3v) is 5.38. The predicted molar refractivity (Wildman–Crippen MR) is 95.9 cm³/mol. The first kappa shape index (κ1) is 17.0. The lowest BCUT2D eigenvalue weighted by Gasteiger charge is -2.10. The third-order valence-electron chi connectivity index (χ3n) is 3.65. The van der Waals surface area contributed by atoms with Crippen molar-refractivity contribution in [1.82, 2.24) is 14.8 Å². The standard InChI is InChI=1S/C16H18N4O2S2/c1-10(21)18-13-6-3-11(7-15(13)23-2)14(22)8-24-16-19-17-9-20(16)12-4-5-12/h3,6-7,9,12H,4-5,8H2,1-2H3,(H,18,21). The predicted octanol–water partition coefficient (Wildman–Crippen LogP) is 3.27. The highest BCUT2D eigenvalue weighted by Gasteiger charge is 2.26. The van der Waals surface area contributed by atoms with Crippen molar-refractivity contribution in [2.24, 2.45) is 0 Å². The van der Waals surface area contributed by atoms with Crippen molar-refractivity contribution in [3.63, 3.8) is 0 Å². The van der Waals surface area contributed by atoms with Crippen LogP contribution in [0.5, 0.6) is 0 Å². The van der Waals surface area contributed by atoms with E-state index in [1.54, 1.807) is 18.5 Å². The lowest BCUT2D eigenvalue weighted by molar-refractivity contribution is -0.114. The monoisotopic (exact) mass is 362 g/mol. The van der Waals surface area contributed by atoms with E-state index in [0.717, 1.165) is 28.6 Å². The number of carbonyl (C=O) groups excluding carboxylic acids is 2. The molecule has 1 heterocycles. The Morgan fingerprint density at radius 3 is 2.83 bits per heavy atom. The van der Waals surface area contributed by atoms with Crippen LogP contribution in [0.15, 0.2) is 34.6 Å². The highest BCUT2D eigenvalue weighted by Crippen LogP contribution is 2.37. The zero-order valence-electron chi connectivity index (χ0n) is 13.5. The molecule has 1 aliphatic rings. The van der Waals surface area contributed by atoms with Gasteiger partial charge in [0.1, 0.15) is 6.33 Å². The van der Waals surface area contributed by atoms with Crippen LogP contribution in [0, 0.1) is 0 Å². The molecule has 1 saturated carbocycles. The lowest BCUT2D eigenvalue weighted by Crippen LogP contribution is -2.08. The molecule has 0 spiro atoms. The van der Waals surface area contributed by atoms with E-state index in [4.69, 9.17) is 0 Å². The number of ketones is 1. The van der Waals surface area contributed by atoms with Crippen LogP contribution in [0.3, 0.4) is 0 Å². The summed E-state index contributed by atoms with van der Waals surface area (Å²) in [5.74, 6) is 0.230. The summed E-state index contributed by atoms with van der Waals surface area (Å²) in [6.07, 6.45) is 5.96. The Balaban J connectivity index is 1.68. The molecule has 0 bridgehead atoms. The minimum absolute atomic E-state index is 0.0371. The molecule has 0 aliphatic heterocycles. The number of amides is 1. The number of anilines is 1. The van der Waals surface area contributed by atoms with Crippen molar-refractivity contribution in [2.75, 3.05) is 17.3 Å². The van der Waals surface area contributed by atoms with Gasteiger partial charge in [0.25, 0.3) is 0 Å². The van der Waals surface area contributed by atoms with E-state index in [0.29, 0.717) is 17.4 Å². The fraction of sp³-hybridized carbons (Fsp3) is 0.375. The van der Waals surface area contributed by atoms with Crippen LogP contribution in [0.1, 0.15) is 36.2 Å². The van der Waals surface area contributed by atoms with E-state index < -0.39 is 0 Å². The molecular weight excluding hydrogens is 344 g/mol. The number of nitrogens with zero attached hydrogens (tertiary/aromatic N) is 3. The van der Waals surface area contributed by atoms with Crippen molar-refractivity contribution < 1.29 is 9.59 Å². The van der Waals surface area contributed by atoms with Crippen LogP contribution < -0.4 is 5.32 Å². The molecule has 1 fully saturated rings. The van der Waals surface area contributed by atoms with Crippen LogP contribution in [0.2, 0.25) is 0 Å². The summed E-state index contributed by atoms with van der Waals surface area (Å²) in [6, 6.07) is 5.85. The molecule has 1 aromatic carbocycles. The largest absolute Gasteiger partial charge is 0.325 e. The zero-order valence-corrected chi connectivity index (χ0v) is 15.1. The number of nitrogens with one attached hydrogen (secondary N) is 1. The molecule has 24 heavy (non-hydrogen) atoms. The second kappa shape index (κ2) is 7.40. The van der Waals surface area contributed by atoms with Gasteiger partial charge in [-0.3, -0.25) is 9.59 Å². The topological polar surface area (TPSA) is 76.9 Å². The van der Waals surface area contributed by atoms with E-state index in [-0.39, 0.29) is 11.7 Å². The minimum Gasteiger partial charge on any atom is -0.325 e. The second-order valence-electron chi connectivity index (χ2n) is 5.56. The van der Waals surface area contributed by atoms with Gasteiger partial charge in [-0.15, -0.1) is 22.0 Å². The zero-order chi connectivity index (χ0) is 17.1. The van der Waals surface area contributed by atoms with Gasteiger partial charge in [-0.2, -0.15) is 0 Å². The van der Waals surface area contributed by atoms with Crippen LogP contribution in [-0.4, -0.2) is 38.5 Å². The Morgan fingerprint density at radius 1 is 1.38 bits per heavy atom. The van der Waals surface area contributed by atoms with Crippen molar-refractivity contribution >= 4 is 40.9 Å². The molecule has 126 valence electrons. The summed E-state index contributed by atoms with van der Waals surface area (Å²) in [5.41, 5.74) is 1.37. The maximum Gasteiger partial charge on any atom is 0.221 e. The van der Waals surface area contributed by atoms with E-state index in [1.165, 1.54) is 30.4 Å². The Kier molecular flexibility index (Phi) is 5.25. The van der Waals surface area contributed by atoms with Gasteiger partial charge in [-0.05, 0) is 37.3 Å². The second-order valence-corrected chi connectivity index (χ2v) is 7.35. The minimum atomic E-state index is -0.126. The van der Waals surface area contributed by atoms with Crippen molar-refractivity contribution in [3.05, 3.63) is 30.1 Å². The number of Topliss-reactive ketones (excluding diaryl/α,β-unsaturated/α-hetero) is 1. The average Bonchev–Trinajstić information content (AvgIpc) is 3.30. The number of aromatic nitrogens is 3. The van der Waals surface area contributed by atoms with Crippen LogP contribution in [0.25, 0.3) is 0 Å². The van der Waals surface area contributed by atoms with Gasteiger partial charge in [0.2, 0.25) is 5.91 Å². The maximum atomic E-state index is 12.5. The number of thioether (sulfide) groups is 2. The number of rotatable bonds is 7. The Labute approximate surface area is 148 Å². The van der Waals surface area contributed by atoms with Crippen LogP contribution >= 0.6 is 23.5 Å². The Bertz CT molecular complexity index is 771. The highest BCUT2D eigenvalue weighted by atomic mass is 32.2. The molecule has 0 radical (unpaired) electrons. The summed E-state index contributed by atoms with van der Waals surface area (Å²) >= 11 is 2.92. The molecule has 3 rings (SSSR count). The maximum absolute atomic E-state index is 12.5. The normalized spacial score (nSPS) is 13.8. The van der Waals surface area contributed by atoms with Gasteiger partial charge in [0.15, 0.2) is 10.9 Å². The van der Waals surface area contributed by atoms with E-state index in [1.807, 2.05) is 16.9 Å². The smallest absolute Gasteiger partial charge is 0.221 e. The summed E-state index contributed by atoms with van der Waals surface area (Å²) < 4.78 is 2.05. The van der Waals surface area contributed by atoms with Crippen LogP contribution in [0.4, 0.5) is 5.69 Å². The molecule has 6 nitrogen and oxygen atoms in total. The summed E-state index contributed by atoms with van der Waals surface area (Å²) in [7, 11) is 0. The molecule has 1 aromatic heterocycles. The summed E-state index contributed by atoms with van der Waals surface area (Å²) in [5, 5.41) is 11.6. The van der Waals surface area contributed by atoms with Crippen molar-refractivity contribution in [3.8, 4) is 0 Å². The fourth-order valence-corrected chi connectivity index (χ4v) is 3.77. The molecule has 0 unspecified atom stereocenters. The summed E-state index contributed by atoms with van der Waals surface area (Å²) in [4.78, 5) is 24.6. The SMILES string of the molecule is CSc1cc(C(=O)CSc2nncn2C2CC2)ccc1NC(C)=O. The highest BCUT2D eigenvalue weighted by molar-refractivity contribution is 7.99. The molecule has 8 heteroatoms. The van der Waals surface area contributed by atoms with Crippen molar-refractivity contribution in [2.45, 2.75) is 35.9 Å². The van der Waals surface area contributed by atoms with Gasteiger partial charge >= 0.3 is 0 Å². The Morgan fingerprint density at radius 2 is 2.17 bits per heavy atom. The molecule has 1 N–H and O–H groups in total. The molecular formula is C16H18N4O2S2.